The van der Waals surface area contributed by atoms with Gasteiger partial charge in [-0.15, -0.1) is 0 Å². The average molecular weight is 243 g/mol. The number of rotatable bonds is 5. The summed E-state index contributed by atoms with van der Waals surface area (Å²) in [6.07, 6.45) is 2.63. The minimum Gasteiger partial charge on any atom is -0.481 e. The van der Waals surface area contributed by atoms with Crippen molar-refractivity contribution in [1.29, 1.82) is 0 Å². The number of nitrogens with zero attached hydrogens (tertiary/aromatic N) is 2. The van der Waals surface area contributed by atoms with E-state index < -0.39 is 0 Å². The molecule has 0 aliphatic heterocycles. The van der Waals surface area contributed by atoms with Gasteiger partial charge >= 0.3 is 0 Å². The molecule has 0 atom stereocenters. The first-order valence-corrected chi connectivity index (χ1v) is 5.94. The van der Waals surface area contributed by atoms with Crippen molar-refractivity contribution in [3.63, 3.8) is 0 Å². The van der Waals surface area contributed by atoms with Crippen LogP contribution < -0.4 is 10.1 Å². The second-order valence-electron chi connectivity index (χ2n) is 4.09. The SMILES string of the molecule is COc1ccnc(NCCc2cccc(C)c2)n1. The molecule has 94 valence electrons. The Hall–Kier alpha value is -2.10. The molecular formula is C14H17N3O. The van der Waals surface area contributed by atoms with Crippen LogP contribution in [0.2, 0.25) is 0 Å². The third-order valence-corrected chi connectivity index (χ3v) is 2.62. The van der Waals surface area contributed by atoms with Crippen molar-refractivity contribution in [2.75, 3.05) is 19.0 Å². The van der Waals surface area contributed by atoms with Crippen LogP contribution in [0.5, 0.6) is 5.88 Å². The highest BCUT2D eigenvalue weighted by atomic mass is 16.5. The van der Waals surface area contributed by atoms with Gasteiger partial charge in [-0.3, -0.25) is 0 Å². The second-order valence-corrected chi connectivity index (χ2v) is 4.09. The molecule has 4 heteroatoms. The normalized spacial score (nSPS) is 10.1. The summed E-state index contributed by atoms with van der Waals surface area (Å²) in [5.74, 6) is 1.17. The molecule has 0 radical (unpaired) electrons. The monoisotopic (exact) mass is 243 g/mol. The van der Waals surface area contributed by atoms with Gasteiger partial charge in [-0.1, -0.05) is 29.8 Å². The molecule has 0 bridgehead atoms. The van der Waals surface area contributed by atoms with Crippen molar-refractivity contribution in [3.05, 3.63) is 47.7 Å². The van der Waals surface area contributed by atoms with Gasteiger partial charge in [0.25, 0.3) is 0 Å². The largest absolute Gasteiger partial charge is 0.481 e. The number of aryl methyl sites for hydroxylation is 1. The first-order valence-electron chi connectivity index (χ1n) is 5.94. The van der Waals surface area contributed by atoms with Crippen LogP contribution in [-0.4, -0.2) is 23.6 Å². The molecule has 1 N–H and O–H groups in total. The Balaban J connectivity index is 1.88. The highest BCUT2D eigenvalue weighted by Crippen LogP contribution is 2.08. The van der Waals surface area contributed by atoms with E-state index in [-0.39, 0.29) is 0 Å². The molecule has 4 nitrogen and oxygen atoms in total. The quantitative estimate of drug-likeness (QED) is 0.876. The van der Waals surface area contributed by atoms with Gasteiger partial charge in [0.2, 0.25) is 11.8 Å². The van der Waals surface area contributed by atoms with Gasteiger partial charge in [-0.25, -0.2) is 4.98 Å². The summed E-state index contributed by atoms with van der Waals surface area (Å²) >= 11 is 0. The van der Waals surface area contributed by atoms with Gasteiger partial charge in [0, 0.05) is 18.8 Å². The number of methoxy groups -OCH3 is 1. The molecule has 0 spiro atoms. The zero-order chi connectivity index (χ0) is 12.8. The average Bonchev–Trinajstić information content (AvgIpc) is 2.39. The second kappa shape index (κ2) is 6.00. The van der Waals surface area contributed by atoms with Gasteiger partial charge in [-0.05, 0) is 18.9 Å². The fourth-order valence-corrected chi connectivity index (χ4v) is 1.73. The molecule has 1 aromatic carbocycles. The smallest absolute Gasteiger partial charge is 0.225 e. The molecule has 2 rings (SSSR count). The zero-order valence-corrected chi connectivity index (χ0v) is 10.7. The van der Waals surface area contributed by atoms with E-state index in [1.54, 1.807) is 19.4 Å². The lowest BCUT2D eigenvalue weighted by Crippen LogP contribution is -2.08. The molecule has 0 amide bonds. The lowest BCUT2D eigenvalue weighted by atomic mass is 10.1. The molecular weight excluding hydrogens is 226 g/mol. The van der Waals surface area contributed by atoms with Crippen molar-refractivity contribution in [2.45, 2.75) is 13.3 Å². The van der Waals surface area contributed by atoms with Gasteiger partial charge in [0.1, 0.15) is 0 Å². The summed E-state index contributed by atoms with van der Waals surface area (Å²) in [6, 6.07) is 10.2. The Morgan fingerprint density at radius 1 is 1.28 bits per heavy atom. The van der Waals surface area contributed by atoms with Gasteiger partial charge in [0.15, 0.2) is 0 Å². The predicted molar refractivity (Wildman–Crippen MR) is 72.0 cm³/mol. The Morgan fingerprint density at radius 2 is 2.17 bits per heavy atom. The maximum atomic E-state index is 5.04. The van der Waals surface area contributed by atoms with Crippen LogP contribution in [0.1, 0.15) is 11.1 Å². The number of nitrogens with one attached hydrogen (secondary N) is 1. The highest BCUT2D eigenvalue weighted by molar-refractivity contribution is 5.28. The molecule has 2 aromatic rings. The van der Waals surface area contributed by atoms with E-state index in [2.05, 4.69) is 46.5 Å². The van der Waals surface area contributed by atoms with E-state index in [4.69, 9.17) is 4.74 Å². The van der Waals surface area contributed by atoms with Crippen molar-refractivity contribution in [1.82, 2.24) is 9.97 Å². The van der Waals surface area contributed by atoms with Crippen molar-refractivity contribution in [2.24, 2.45) is 0 Å². The third-order valence-electron chi connectivity index (χ3n) is 2.62. The molecule has 1 aromatic heterocycles. The predicted octanol–water partition coefficient (Wildman–Crippen LogP) is 2.45. The maximum absolute atomic E-state index is 5.04. The number of hydrogen-bond acceptors (Lipinski definition) is 4. The molecule has 0 saturated heterocycles. The van der Waals surface area contributed by atoms with Gasteiger partial charge < -0.3 is 10.1 Å². The number of anilines is 1. The van der Waals surface area contributed by atoms with Crippen LogP contribution in [0.3, 0.4) is 0 Å². The lowest BCUT2D eigenvalue weighted by molar-refractivity contribution is 0.397. The number of benzene rings is 1. The molecule has 0 aliphatic rings. The highest BCUT2D eigenvalue weighted by Gasteiger charge is 1.98. The van der Waals surface area contributed by atoms with Crippen LogP contribution >= 0.6 is 0 Å². The van der Waals surface area contributed by atoms with Gasteiger partial charge in [-0.2, -0.15) is 4.98 Å². The molecule has 0 unspecified atom stereocenters. The molecule has 0 saturated carbocycles. The Labute approximate surface area is 107 Å². The van der Waals surface area contributed by atoms with Crippen LogP contribution in [0.25, 0.3) is 0 Å². The first-order chi connectivity index (χ1) is 8.78. The van der Waals surface area contributed by atoms with Crippen LogP contribution in [0.15, 0.2) is 36.5 Å². The lowest BCUT2D eigenvalue weighted by Gasteiger charge is -2.06. The van der Waals surface area contributed by atoms with Crippen molar-refractivity contribution in [3.8, 4) is 5.88 Å². The van der Waals surface area contributed by atoms with E-state index >= 15 is 0 Å². The minimum absolute atomic E-state index is 0.572. The molecule has 0 fully saturated rings. The van der Waals surface area contributed by atoms with Gasteiger partial charge in [0.05, 0.1) is 7.11 Å². The summed E-state index contributed by atoms with van der Waals surface area (Å²) in [7, 11) is 1.60. The summed E-state index contributed by atoms with van der Waals surface area (Å²) < 4.78 is 5.04. The zero-order valence-electron chi connectivity index (χ0n) is 10.7. The van der Waals surface area contributed by atoms with E-state index in [0.717, 1.165) is 13.0 Å². The topological polar surface area (TPSA) is 47.0 Å². The van der Waals surface area contributed by atoms with Crippen LogP contribution in [-0.2, 0) is 6.42 Å². The standard InChI is InChI=1S/C14H17N3O/c1-11-4-3-5-12(10-11)6-8-15-14-16-9-7-13(17-14)18-2/h3-5,7,9-10H,6,8H2,1-2H3,(H,15,16,17). The first kappa shape index (κ1) is 12.4. The summed E-state index contributed by atoms with van der Waals surface area (Å²) in [4.78, 5) is 8.33. The van der Waals surface area contributed by atoms with E-state index in [9.17, 15) is 0 Å². The molecule has 0 aliphatic carbocycles. The summed E-state index contributed by atoms with van der Waals surface area (Å²) in [6.45, 7) is 2.90. The van der Waals surface area contributed by atoms with E-state index in [1.165, 1.54) is 11.1 Å². The number of hydrogen-bond donors (Lipinski definition) is 1. The van der Waals surface area contributed by atoms with Crippen molar-refractivity contribution >= 4 is 5.95 Å². The molecule has 18 heavy (non-hydrogen) atoms. The van der Waals surface area contributed by atoms with Crippen molar-refractivity contribution < 1.29 is 4.74 Å². The minimum atomic E-state index is 0.572. The number of ether oxygens (including phenoxy) is 1. The van der Waals surface area contributed by atoms with Crippen LogP contribution in [0, 0.1) is 6.92 Å². The maximum Gasteiger partial charge on any atom is 0.225 e. The Bertz CT molecular complexity index is 514. The van der Waals surface area contributed by atoms with Crippen LogP contribution in [0.4, 0.5) is 5.95 Å². The fraction of sp³-hybridized carbons (Fsp3) is 0.286. The van der Waals surface area contributed by atoms with E-state index in [1.807, 2.05) is 0 Å². The van der Waals surface area contributed by atoms with E-state index in [0.29, 0.717) is 11.8 Å². The fourth-order valence-electron chi connectivity index (χ4n) is 1.73. The molecule has 1 heterocycles. The summed E-state index contributed by atoms with van der Waals surface area (Å²) in [5, 5.41) is 3.19. The third kappa shape index (κ3) is 3.45. The Morgan fingerprint density at radius 3 is 2.94 bits per heavy atom. The summed E-state index contributed by atoms with van der Waals surface area (Å²) in [5.41, 5.74) is 2.59. The Kier molecular flexibility index (Phi) is 4.12. The number of aromatic nitrogens is 2.